The Morgan fingerprint density at radius 2 is 1.94 bits per heavy atom. The first-order chi connectivity index (χ1) is 14.8. The highest BCUT2D eigenvalue weighted by Gasteiger charge is 2.60. The van der Waals surface area contributed by atoms with Crippen molar-refractivity contribution in [2.75, 3.05) is 0 Å². The fraction of sp³-hybridized carbons (Fsp3) is 0.615. The van der Waals surface area contributed by atoms with E-state index in [1.165, 1.54) is 24.8 Å². The summed E-state index contributed by atoms with van der Waals surface area (Å²) in [5, 5.41) is 11.6. The number of likely N-dealkylation sites (tertiary alicyclic amines) is 1. The number of hydrogen-bond acceptors (Lipinski definition) is 3. The summed E-state index contributed by atoms with van der Waals surface area (Å²) in [7, 11) is 0. The number of H-pyrrole nitrogens is 1. The molecule has 1 saturated carbocycles. The van der Waals surface area contributed by atoms with E-state index in [4.69, 9.17) is 0 Å². The van der Waals surface area contributed by atoms with Gasteiger partial charge in [-0.05, 0) is 37.3 Å². The molecule has 2 saturated heterocycles. The van der Waals surface area contributed by atoms with E-state index in [1.54, 1.807) is 0 Å². The second kappa shape index (κ2) is 7.47. The molecular formula is C26H36N4O. The summed E-state index contributed by atoms with van der Waals surface area (Å²) in [5.74, 6) is 0.105. The zero-order chi connectivity index (χ0) is 21.8. The molecule has 2 aromatic rings. The van der Waals surface area contributed by atoms with Crippen molar-refractivity contribution in [1.29, 1.82) is 0 Å². The number of aromatic amines is 1. The highest BCUT2D eigenvalue weighted by molar-refractivity contribution is 5.93. The third-order valence-electron chi connectivity index (χ3n) is 8.14. The molecule has 3 fully saturated rings. The molecule has 2 bridgehead atoms. The smallest absolute Gasteiger partial charge is 0.274 e. The largest absolute Gasteiger partial charge is 0.329 e. The van der Waals surface area contributed by atoms with E-state index < -0.39 is 0 Å². The quantitative estimate of drug-likeness (QED) is 0.771. The molecule has 3 heterocycles. The van der Waals surface area contributed by atoms with Crippen LogP contribution in [0, 0.1) is 5.41 Å². The zero-order valence-electron chi connectivity index (χ0n) is 19.3. The van der Waals surface area contributed by atoms with Gasteiger partial charge in [0.05, 0.1) is 0 Å². The second-order valence-corrected chi connectivity index (χ2v) is 11.2. The molecule has 1 aliphatic carbocycles. The number of carbonyl (C=O) groups excluding carboxylic acids is 1. The van der Waals surface area contributed by atoms with Crippen LogP contribution in [0.1, 0.15) is 81.5 Å². The summed E-state index contributed by atoms with van der Waals surface area (Å²) in [6, 6.07) is 14.0. The maximum absolute atomic E-state index is 13.9. The Balaban J connectivity index is 1.50. The molecule has 31 heavy (non-hydrogen) atoms. The van der Waals surface area contributed by atoms with Gasteiger partial charge >= 0.3 is 0 Å². The number of amides is 1. The molecule has 0 spiro atoms. The molecule has 166 valence electrons. The predicted octanol–water partition coefficient (Wildman–Crippen LogP) is 4.45. The fourth-order valence-electron chi connectivity index (χ4n) is 6.38. The first-order valence-corrected chi connectivity index (χ1v) is 12.0. The molecule has 1 aromatic carbocycles. The summed E-state index contributed by atoms with van der Waals surface area (Å²) in [4.78, 5) is 16.1. The maximum Gasteiger partial charge on any atom is 0.274 e. The van der Waals surface area contributed by atoms with Crippen molar-refractivity contribution in [2.24, 2.45) is 5.41 Å². The Morgan fingerprint density at radius 1 is 1.19 bits per heavy atom. The fourth-order valence-corrected chi connectivity index (χ4v) is 6.38. The molecule has 5 nitrogen and oxygen atoms in total. The van der Waals surface area contributed by atoms with Gasteiger partial charge < -0.3 is 10.2 Å². The Bertz CT molecular complexity index is 946. The van der Waals surface area contributed by atoms with E-state index in [9.17, 15) is 4.79 Å². The number of nitrogens with zero attached hydrogens (tertiary/aromatic N) is 2. The standard InChI is InChI=1S/C26H36N4O/c1-25(2,3)22-15-19(28-29-22)24(31)30-20-16-26(4)21(12-8-9-13-23(26)30)27-18(20)14-17-10-6-5-7-11-17/h5-7,10-11,15,18,20-21,23,27H,8-9,12-14,16H2,1-4H3,(H,28,29)/t18-,20+,21-,23+,26-/m1/s1. The molecule has 2 aliphatic heterocycles. The van der Waals surface area contributed by atoms with Gasteiger partial charge in [0.25, 0.3) is 5.91 Å². The van der Waals surface area contributed by atoms with Crippen LogP contribution in [-0.4, -0.2) is 45.2 Å². The number of fused-ring (bicyclic) bond motifs is 1. The first-order valence-electron chi connectivity index (χ1n) is 12.0. The third-order valence-corrected chi connectivity index (χ3v) is 8.14. The van der Waals surface area contributed by atoms with Crippen LogP contribution in [0.5, 0.6) is 0 Å². The molecule has 0 radical (unpaired) electrons. The minimum absolute atomic E-state index is 0.0524. The van der Waals surface area contributed by atoms with Crippen LogP contribution in [-0.2, 0) is 11.8 Å². The highest BCUT2D eigenvalue weighted by Crippen LogP contribution is 2.52. The number of rotatable bonds is 3. The lowest BCUT2D eigenvalue weighted by atomic mass is 9.70. The van der Waals surface area contributed by atoms with Gasteiger partial charge in [0.1, 0.15) is 5.69 Å². The van der Waals surface area contributed by atoms with E-state index in [-0.39, 0.29) is 28.8 Å². The van der Waals surface area contributed by atoms with Crippen LogP contribution in [0.4, 0.5) is 0 Å². The van der Waals surface area contributed by atoms with E-state index in [0.717, 1.165) is 25.0 Å². The first kappa shape index (κ1) is 20.7. The minimum Gasteiger partial charge on any atom is -0.329 e. The lowest BCUT2D eigenvalue weighted by molar-refractivity contribution is 0.0606. The van der Waals surface area contributed by atoms with Gasteiger partial charge in [-0.1, -0.05) is 70.9 Å². The average Bonchev–Trinajstić information content (AvgIpc) is 3.28. The van der Waals surface area contributed by atoms with E-state index in [0.29, 0.717) is 17.8 Å². The molecule has 1 aromatic heterocycles. The van der Waals surface area contributed by atoms with Gasteiger partial charge in [0, 0.05) is 40.7 Å². The molecule has 3 aliphatic rings. The number of hydrogen-bond donors (Lipinski definition) is 2. The monoisotopic (exact) mass is 420 g/mol. The lowest BCUT2D eigenvalue weighted by Crippen LogP contribution is -2.57. The van der Waals surface area contributed by atoms with Gasteiger partial charge in [0.2, 0.25) is 0 Å². The van der Waals surface area contributed by atoms with Gasteiger partial charge in [-0.3, -0.25) is 9.89 Å². The third kappa shape index (κ3) is 3.51. The van der Waals surface area contributed by atoms with Crippen molar-refractivity contribution >= 4 is 5.91 Å². The van der Waals surface area contributed by atoms with Crippen LogP contribution in [0.3, 0.4) is 0 Å². The highest BCUT2D eigenvalue weighted by atomic mass is 16.2. The molecule has 5 rings (SSSR count). The molecule has 5 heteroatoms. The molecule has 2 N–H and O–H groups in total. The van der Waals surface area contributed by atoms with Crippen LogP contribution < -0.4 is 5.32 Å². The second-order valence-electron chi connectivity index (χ2n) is 11.2. The Morgan fingerprint density at radius 3 is 2.65 bits per heavy atom. The van der Waals surface area contributed by atoms with Crippen LogP contribution in [0.15, 0.2) is 36.4 Å². The molecule has 0 unspecified atom stereocenters. The van der Waals surface area contributed by atoms with Gasteiger partial charge in [0.15, 0.2) is 0 Å². The van der Waals surface area contributed by atoms with Crippen molar-refractivity contribution in [3.8, 4) is 0 Å². The summed E-state index contributed by atoms with van der Waals surface area (Å²) >= 11 is 0. The van der Waals surface area contributed by atoms with Crippen LogP contribution in [0.25, 0.3) is 0 Å². The van der Waals surface area contributed by atoms with Crippen molar-refractivity contribution in [1.82, 2.24) is 20.4 Å². The van der Waals surface area contributed by atoms with E-state index in [1.807, 2.05) is 6.07 Å². The SMILES string of the molecule is CC(C)(C)c1cc(C(=O)N2[C@H]3CCCC[C@H]4N[C@H](Cc5ccccc5)[C@@H]2C[C@@]34C)n[nH]1. The Hall–Kier alpha value is -2.14. The van der Waals surface area contributed by atoms with Crippen LogP contribution >= 0.6 is 0 Å². The van der Waals surface area contributed by atoms with Crippen molar-refractivity contribution in [3.05, 3.63) is 53.3 Å². The van der Waals surface area contributed by atoms with Gasteiger partial charge in [-0.25, -0.2) is 0 Å². The Kier molecular flexibility index (Phi) is 5.00. The summed E-state index contributed by atoms with van der Waals surface area (Å²) in [6.07, 6.45) is 6.81. The normalized spacial score (nSPS) is 32.7. The summed E-state index contributed by atoms with van der Waals surface area (Å²) in [5.41, 5.74) is 3.02. The Labute approximate surface area is 186 Å². The molecule has 5 atom stereocenters. The minimum atomic E-state index is -0.0524. The lowest BCUT2D eigenvalue weighted by Gasteiger charge is -2.43. The number of piperidine rings is 1. The number of nitrogens with one attached hydrogen (secondary N) is 2. The maximum atomic E-state index is 13.9. The summed E-state index contributed by atoms with van der Waals surface area (Å²) in [6.45, 7) is 8.86. The average molecular weight is 421 g/mol. The van der Waals surface area contributed by atoms with Crippen molar-refractivity contribution in [3.63, 3.8) is 0 Å². The molecular weight excluding hydrogens is 384 g/mol. The van der Waals surface area contributed by atoms with E-state index >= 15 is 0 Å². The van der Waals surface area contributed by atoms with E-state index in [2.05, 4.69) is 78.4 Å². The van der Waals surface area contributed by atoms with Gasteiger partial charge in [-0.15, -0.1) is 0 Å². The summed E-state index contributed by atoms with van der Waals surface area (Å²) < 4.78 is 0. The van der Waals surface area contributed by atoms with Crippen molar-refractivity contribution < 1.29 is 4.79 Å². The van der Waals surface area contributed by atoms with Gasteiger partial charge in [-0.2, -0.15) is 5.10 Å². The zero-order valence-corrected chi connectivity index (χ0v) is 19.3. The number of benzene rings is 1. The number of aromatic nitrogens is 2. The molecule has 1 amide bonds. The topological polar surface area (TPSA) is 61.0 Å². The predicted molar refractivity (Wildman–Crippen MR) is 123 cm³/mol. The number of carbonyl (C=O) groups is 1. The van der Waals surface area contributed by atoms with Crippen LogP contribution in [0.2, 0.25) is 0 Å². The van der Waals surface area contributed by atoms with Crippen molar-refractivity contribution in [2.45, 2.75) is 95.8 Å².